The molecule has 1 aromatic rings. The number of ether oxygens (including phenoxy) is 1. The third kappa shape index (κ3) is 2.92. The van der Waals surface area contributed by atoms with Crippen LogP contribution in [0.1, 0.15) is 20.8 Å². The van der Waals surface area contributed by atoms with Crippen molar-refractivity contribution in [3.8, 4) is 11.5 Å². The Labute approximate surface area is 115 Å². The second-order valence-corrected chi connectivity index (χ2v) is 11.1. The predicted octanol–water partition coefficient (Wildman–Crippen LogP) is 3.40. The van der Waals surface area contributed by atoms with Crippen LogP contribution in [0.5, 0.6) is 11.5 Å². The summed E-state index contributed by atoms with van der Waals surface area (Å²) in [6, 6.07) is 5.57. The molecule has 1 heterocycles. The Morgan fingerprint density at radius 3 is 2.63 bits per heavy atom. The smallest absolute Gasteiger partial charge is 0.262 e. The standard InChI is InChI=1S/C14H21NO3Si/c1-14(2,3)19(4,5)18-10-6-7-11-12(8-10)17-9-13(16)15-11/h6-8H,9H2,1-5H3,(H,15,16). The molecule has 104 valence electrons. The van der Waals surface area contributed by atoms with Crippen molar-refractivity contribution < 1.29 is 14.0 Å². The number of hydrogen-bond donors (Lipinski definition) is 1. The molecule has 0 aliphatic carbocycles. The molecule has 0 fully saturated rings. The molecule has 1 aromatic carbocycles. The van der Waals surface area contributed by atoms with Crippen molar-refractivity contribution >= 4 is 19.9 Å². The molecule has 19 heavy (non-hydrogen) atoms. The first kappa shape index (κ1) is 13.9. The second-order valence-electron chi connectivity index (χ2n) is 6.36. The Balaban J connectivity index is 2.22. The normalized spacial score (nSPS) is 15.3. The van der Waals surface area contributed by atoms with Crippen LogP contribution in [0.15, 0.2) is 18.2 Å². The number of hydrogen-bond acceptors (Lipinski definition) is 3. The minimum Gasteiger partial charge on any atom is -0.543 e. The van der Waals surface area contributed by atoms with Crippen LogP contribution < -0.4 is 14.5 Å². The molecule has 0 atom stereocenters. The highest BCUT2D eigenvalue weighted by atomic mass is 28.4. The highest BCUT2D eigenvalue weighted by molar-refractivity contribution is 6.74. The molecule has 5 heteroatoms. The summed E-state index contributed by atoms with van der Waals surface area (Å²) in [5.74, 6) is 1.36. The molecule has 0 saturated carbocycles. The second kappa shape index (κ2) is 4.56. The minimum absolute atomic E-state index is 0.0660. The first-order chi connectivity index (χ1) is 8.69. The van der Waals surface area contributed by atoms with E-state index in [0.717, 1.165) is 5.75 Å². The van der Waals surface area contributed by atoms with E-state index in [1.165, 1.54) is 0 Å². The Hall–Kier alpha value is -1.49. The van der Waals surface area contributed by atoms with Gasteiger partial charge in [0.15, 0.2) is 6.61 Å². The van der Waals surface area contributed by atoms with Crippen molar-refractivity contribution in [1.29, 1.82) is 0 Å². The van der Waals surface area contributed by atoms with Gasteiger partial charge >= 0.3 is 0 Å². The lowest BCUT2D eigenvalue weighted by Crippen LogP contribution is -2.43. The number of amides is 1. The third-order valence-corrected chi connectivity index (χ3v) is 8.12. The Morgan fingerprint density at radius 2 is 2.00 bits per heavy atom. The van der Waals surface area contributed by atoms with Crippen LogP contribution in [0.25, 0.3) is 0 Å². The number of carbonyl (C=O) groups excluding carboxylic acids is 1. The van der Waals surface area contributed by atoms with Crippen molar-refractivity contribution in [2.45, 2.75) is 38.9 Å². The lowest BCUT2D eigenvalue weighted by atomic mass is 10.2. The zero-order chi connectivity index (χ0) is 14.3. The van der Waals surface area contributed by atoms with E-state index in [-0.39, 0.29) is 17.6 Å². The van der Waals surface area contributed by atoms with Crippen LogP contribution in [0.2, 0.25) is 18.1 Å². The lowest BCUT2D eigenvalue weighted by molar-refractivity contribution is -0.118. The fraction of sp³-hybridized carbons (Fsp3) is 0.500. The zero-order valence-corrected chi connectivity index (χ0v) is 13.2. The maximum atomic E-state index is 11.2. The van der Waals surface area contributed by atoms with Crippen molar-refractivity contribution in [2.24, 2.45) is 0 Å². The summed E-state index contributed by atoms with van der Waals surface area (Å²) in [7, 11) is -1.85. The van der Waals surface area contributed by atoms with Gasteiger partial charge in [0.25, 0.3) is 5.91 Å². The molecule has 1 aliphatic rings. The Kier molecular flexibility index (Phi) is 3.34. The van der Waals surface area contributed by atoms with E-state index in [2.05, 4.69) is 39.2 Å². The van der Waals surface area contributed by atoms with Gasteiger partial charge in [0.2, 0.25) is 8.32 Å². The molecule has 1 N–H and O–H groups in total. The SMILES string of the molecule is CC(C)(C)[Si](C)(C)Oc1ccc2c(c1)OCC(=O)N2. The molecule has 0 saturated heterocycles. The van der Waals surface area contributed by atoms with Crippen LogP contribution in [-0.2, 0) is 4.79 Å². The third-order valence-electron chi connectivity index (χ3n) is 3.77. The van der Waals surface area contributed by atoms with Crippen LogP contribution in [-0.4, -0.2) is 20.8 Å². The van der Waals surface area contributed by atoms with Crippen molar-refractivity contribution in [3.63, 3.8) is 0 Å². The summed E-state index contributed by atoms with van der Waals surface area (Å²) in [4.78, 5) is 11.2. The molecule has 0 bridgehead atoms. The molecular formula is C14H21NO3Si. The molecule has 0 radical (unpaired) electrons. The molecule has 0 aromatic heterocycles. The minimum atomic E-state index is -1.85. The van der Waals surface area contributed by atoms with E-state index in [4.69, 9.17) is 9.16 Å². The Morgan fingerprint density at radius 1 is 1.32 bits per heavy atom. The zero-order valence-electron chi connectivity index (χ0n) is 12.2. The molecule has 2 rings (SSSR count). The monoisotopic (exact) mass is 279 g/mol. The number of rotatable bonds is 2. The van der Waals surface area contributed by atoms with Gasteiger partial charge in [0.05, 0.1) is 5.69 Å². The summed E-state index contributed by atoms with van der Waals surface area (Å²) in [6.07, 6.45) is 0. The summed E-state index contributed by atoms with van der Waals surface area (Å²) >= 11 is 0. The summed E-state index contributed by atoms with van der Waals surface area (Å²) in [6.45, 7) is 11.1. The average Bonchev–Trinajstić information content (AvgIpc) is 2.27. The summed E-state index contributed by atoms with van der Waals surface area (Å²) in [5.41, 5.74) is 0.707. The van der Waals surface area contributed by atoms with Gasteiger partial charge in [-0.25, -0.2) is 0 Å². The van der Waals surface area contributed by atoms with E-state index in [9.17, 15) is 4.79 Å². The lowest BCUT2D eigenvalue weighted by Gasteiger charge is -2.36. The summed E-state index contributed by atoms with van der Waals surface area (Å²) < 4.78 is 11.6. The van der Waals surface area contributed by atoms with Crippen LogP contribution in [0.4, 0.5) is 5.69 Å². The van der Waals surface area contributed by atoms with Gasteiger partial charge in [0.1, 0.15) is 11.5 Å². The number of carbonyl (C=O) groups is 1. The van der Waals surface area contributed by atoms with Gasteiger partial charge in [-0.1, -0.05) is 20.8 Å². The quantitative estimate of drug-likeness (QED) is 0.844. The first-order valence-corrected chi connectivity index (χ1v) is 9.36. The fourth-order valence-electron chi connectivity index (χ4n) is 1.57. The highest BCUT2D eigenvalue weighted by Gasteiger charge is 2.39. The van der Waals surface area contributed by atoms with Crippen molar-refractivity contribution in [2.75, 3.05) is 11.9 Å². The van der Waals surface area contributed by atoms with E-state index >= 15 is 0 Å². The van der Waals surface area contributed by atoms with E-state index < -0.39 is 8.32 Å². The Bertz CT molecular complexity index is 506. The van der Waals surface area contributed by atoms with Gasteiger partial charge in [0, 0.05) is 6.07 Å². The maximum absolute atomic E-state index is 11.2. The van der Waals surface area contributed by atoms with Gasteiger partial charge < -0.3 is 14.5 Å². The molecule has 0 spiro atoms. The maximum Gasteiger partial charge on any atom is 0.262 e. The van der Waals surface area contributed by atoms with Crippen molar-refractivity contribution in [1.82, 2.24) is 0 Å². The highest BCUT2D eigenvalue weighted by Crippen LogP contribution is 2.39. The van der Waals surface area contributed by atoms with E-state index in [1.807, 2.05) is 18.2 Å². The van der Waals surface area contributed by atoms with Gasteiger partial charge in [-0.05, 0) is 30.3 Å². The topological polar surface area (TPSA) is 47.6 Å². The van der Waals surface area contributed by atoms with Crippen LogP contribution in [0.3, 0.4) is 0 Å². The fourth-order valence-corrected chi connectivity index (χ4v) is 2.59. The first-order valence-electron chi connectivity index (χ1n) is 6.45. The number of benzene rings is 1. The number of fused-ring (bicyclic) bond motifs is 1. The molecule has 1 amide bonds. The van der Waals surface area contributed by atoms with Gasteiger partial charge in [-0.15, -0.1) is 0 Å². The van der Waals surface area contributed by atoms with Gasteiger partial charge in [-0.3, -0.25) is 4.79 Å². The van der Waals surface area contributed by atoms with Crippen LogP contribution >= 0.6 is 0 Å². The average molecular weight is 279 g/mol. The predicted molar refractivity (Wildman–Crippen MR) is 78.4 cm³/mol. The largest absolute Gasteiger partial charge is 0.543 e. The molecule has 1 aliphatic heterocycles. The summed E-state index contributed by atoms with van der Waals surface area (Å²) in [5, 5.41) is 2.92. The molecule has 0 unspecified atom stereocenters. The number of nitrogens with one attached hydrogen (secondary N) is 1. The van der Waals surface area contributed by atoms with Crippen molar-refractivity contribution in [3.05, 3.63) is 18.2 Å². The molecular weight excluding hydrogens is 258 g/mol. The van der Waals surface area contributed by atoms with E-state index in [0.29, 0.717) is 11.4 Å². The van der Waals surface area contributed by atoms with Gasteiger partial charge in [-0.2, -0.15) is 0 Å². The van der Waals surface area contributed by atoms with Crippen LogP contribution in [0, 0.1) is 0 Å². The molecule has 4 nitrogen and oxygen atoms in total. The number of anilines is 1. The van der Waals surface area contributed by atoms with E-state index in [1.54, 1.807) is 0 Å².